The van der Waals surface area contributed by atoms with Crippen LogP contribution in [-0.2, 0) is 25.8 Å². The van der Waals surface area contributed by atoms with Crippen LogP contribution in [0.5, 0.6) is 0 Å². The van der Waals surface area contributed by atoms with Crippen LogP contribution in [0.15, 0.2) is 11.6 Å². The van der Waals surface area contributed by atoms with Crippen LogP contribution in [0.4, 0.5) is 0 Å². The number of carbonyl (C=O) groups excluding carboxylic acids is 1. The minimum atomic E-state index is 0.226. The van der Waals surface area contributed by atoms with Gasteiger partial charge < -0.3 is 9.80 Å². The van der Waals surface area contributed by atoms with Gasteiger partial charge in [0.05, 0.1) is 5.56 Å². The Balaban J connectivity index is 1.34. The molecule has 0 radical (unpaired) electrons. The molecule has 1 atom stereocenters. The lowest BCUT2D eigenvalue weighted by molar-refractivity contribution is 0.0703. The summed E-state index contributed by atoms with van der Waals surface area (Å²) >= 11 is 1.78. The predicted octanol–water partition coefficient (Wildman–Crippen LogP) is 3.42. The molecule has 1 fully saturated rings. The van der Waals surface area contributed by atoms with E-state index in [1.54, 1.807) is 11.3 Å². The van der Waals surface area contributed by atoms with E-state index in [1.807, 2.05) is 6.20 Å². The molecule has 2 aromatic rings. The summed E-state index contributed by atoms with van der Waals surface area (Å²) in [5.41, 5.74) is 4.76. The zero-order valence-corrected chi connectivity index (χ0v) is 17.4. The number of nitrogens with zero attached hydrogens (tertiary/aromatic N) is 4. The smallest absolute Gasteiger partial charge is 0.255 e. The molecule has 1 amide bonds. The van der Waals surface area contributed by atoms with Crippen molar-refractivity contribution in [3.05, 3.63) is 44.7 Å². The zero-order chi connectivity index (χ0) is 19.1. The van der Waals surface area contributed by atoms with Gasteiger partial charge in [-0.1, -0.05) is 0 Å². The number of hydrogen-bond donors (Lipinski definition) is 0. The first-order valence-corrected chi connectivity index (χ1v) is 11.5. The summed E-state index contributed by atoms with van der Waals surface area (Å²) in [5.74, 6) is 1.42. The summed E-state index contributed by atoms with van der Waals surface area (Å²) < 4.78 is 0. The maximum absolute atomic E-state index is 13.3. The topological polar surface area (TPSA) is 49.3 Å². The largest absolute Gasteiger partial charge is 0.338 e. The van der Waals surface area contributed by atoms with E-state index in [1.165, 1.54) is 34.5 Å². The van der Waals surface area contributed by atoms with Crippen molar-refractivity contribution in [3.63, 3.8) is 0 Å². The molecule has 4 heterocycles. The third kappa shape index (κ3) is 3.37. The minimum Gasteiger partial charge on any atom is -0.338 e. The van der Waals surface area contributed by atoms with Crippen LogP contribution in [-0.4, -0.2) is 52.4 Å². The zero-order valence-electron chi connectivity index (χ0n) is 16.6. The van der Waals surface area contributed by atoms with Crippen molar-refractivity contribution < 1.29 is 4.79 Å². The molecule has 6 heteroatoms. The van der Waals surface area contributed by atoms with Gasteiger partial charge in [0.1, 0.15) is 5.82 Å². The highest BCUT2D eigenvalue weighted by Crippen LogP contribution is 2.33. The van der Waals surface area contributed by atoms with Crippen LogP contribution in [0.3, 0.4) is 0 Å². The Hall–Kier alpha value is -1.79. The van der Waals surface area contributed by atoms with Crippen LogP contribution < -0.4 is 0 Å². The van der Waals surface area contributed by atoms with E-state index in [0.717, 1.165) is 69.7 Å². The van der Waals surface area contributed by atoms with Gasteiger partial charge >= 0.3 is 0 Å². The van der Waals surface area contributed by atoms with Crippen LogP contribution in [0.2, 0.25) is 0 Å². The highest BCUT2D eigenvalue weighted by Gasteiger charge is 2.30. The fourth-order valence-electron chi connectivity index (χ4n) is 4.89. The molecule has 3 aliphatic rings. The molecule has 0 bridgehead atoms. The Morgan fingerprint density at radius 3 is 3.00 bits per heavy atom. The summed E-state index contributed by atoms with van der Waals surface area (Å²) in [6.45, 7) is 3.61. The van der Waals surface area contributed by atoms with Crippen LogP contribution in [0, 0.1) is 0 Å². The number of amides is 1. The Kier molecular flexibility index (Phi) is 4.93. The summed E-state index contributed by atoms with van der Waals surface area (Å²) in [4.78, 5) is 28.7. The predicted molar refractivity (Wildman–Crippen MR) is 111 cm³/mol. The average Bonchev–Trinajstić information content (AvgIpc) is 3.17. The Bertz CT molecular complexity index is 893. The number of aromatic nitrogens is 2. The number of likely N-dealkylation sites (tertiary alicyclic amines) is 1. The number of thiophene rings is 1. The number of carbonyl (C=O) groups is 1. The third-order valence-corrected chi connectivity index (χ3v) is 7.60. The van der Waals surface area contributed by atoms with Gasteiger partial charge in [0, 0.05) is 66.2 Å². The molecule has 0 unspecified atom stereocenters. The molecule has 1 aliphatic carbocycles. The second kappa shape index (κ2) is 7.56. The summed E-state index contributed by atoms with van der Waals surface area (Å²) in [7, 11) is 2.14. The van der Waals surface area contributed by atoms with Gasteiger partial charge in [-0.15, -0.1) is 11.3 Å². The van der Waals surface area contributed by atoms with Gasteiger partial charge in [-0.25, -0.2) is 9.97 Å². The van der Waals surface area contributed by atoms with E-state index < -0.39 is 0 Å². The van der Waals surface area contributed by atoms with Crippen molar-refractivity contribution in [2.24, 2.45) is 0 Å². The molecule has 0 aromatic carbocycles. The molecular formula is C22H28N4OS. The van der Waals surface area contributed by atoms with E-state index in [0.29, 0.717) is 0 Å². The molecule has 0 spiro atoms. The Morgan fingerprint density at radius 1 is 1.18 bits per heavy atom. The number of aryl methyl sites for hydroxylation is 1. The second-order valence-corrected chi connectivity index (χ2v) is 9.50. The van der Waals surface area contributed by atoms with Crippen molar-refractivity contribution in [2.75, 3.05) is 26.7 Å². The Morgan fingerprint density at radius 2 is 2.07 bits per heavy atom. The van der Waals surface area contributed by atoms with Crippen LogP contribution in [0.25, 0.3) is 0 Å². The van der Waals surface area contributed by atoms with E-state index in [2.05, 4.69) is 22.2 Å². The molecule has 0 saturated carbocycles. The molecule has 2 aliphatic heterocycles. The van der Waals surface area contributed by atoms with Crippen LogP contribution in [0.1, 0.15) is 69.5 Å². The number of piperidine rings is 1. The van der Waals surface area contributed by atoms with E-state index in [-0.39, 0.29) is 11.8 Å². The molecule has 1 saturated heterocycles. The Labute approximate surface area is 170 Å². The maximum atomic E-state index is 13.3. The number of fused-ring (bicyclic) bond motifs is 2. The molecule has 28 heavy (non-hydrogen) atoms. The first kappa shape index (κ1) is 18.3. The van der Waals surface area contributed by atoms with Gasteiger partial charge in [-0.3, -0.25) is 4.79 Å². The molecule has 5 nitrogen and oxygen atoms in total. The van der Waals surface area contributed by atoms with E-state index in [9.17, 15) is 4.79 Å². The number of rotatable bonds is 2. The maximum Gasteiger partial charge on any atom is 0.255 e. The molecule has 148 valence electrons. The van der Waals surface area contributed by atoms with Crippen LogP contribution >= 0.6 is 11.3 Å². The summed E-state index contributed by atoms with van der Waals surface area (Å²) in [5, 5.41) is 2.10. The quantitative estimate of drug-likeness (QED) is 0.780. The lowest BCUT2D eigenvalue weighted by atomic mass is 9.93. The SMILES string of the molecule is CN1CCc2nc([C@@H]3CCCN(C(=O)c4csc5c4CCCC5)C3)ncc2C1. The van der Waals surface area contributed by atoms with Gasteiger partial charge in [-0.2, -0.15) is 0 Å². The van der Waals surface area contributed by atoms with E-state index >= 15 is 0 Å². The number of hydrogen-bond acceptors (Lipinski definition) is 5. The summed E-state index contributed by atoms with van der Waals surface area (Å²) in [6.07, 6.45) is 9.81. The third-order valence-electron chi connectivity index (χ3n) is 6.51. The highest BCUT2D eigenvalue weighted by atomic mass is 32.1. The van der Waals surface area contributed by atoms with Gasteiger partial charge in [0.25, 0.3) is 5.91 Å². The van der Waals surface area contributed by atoms with Crippen molar-refractivity contribution >= 4 is 17.2 Å². The van der Waals surface area contributed by atoms with Gasteiger partial charge in [0.15, 0.2) is 0 Å². The highest BCUT2D eigenvalue weighted by molar-refractivity contribution is 7.10. The normalized spacial score (nSPS) is 22.6. The van der Waals surface area contributed by atoms with Crippen molar-refractivity contribution in [1.82, 2.24) is 19.8 Å². The fourth-order valence-corrected chi connectivity index (χ4v) is 6.00. The monoisotopic (exact) mass is 396 g/mol. The lowest BCUT2D eigenvalue weighted by Crippen LogP contribution is -2.40. The molecule has 5 rings (SSSR count). The number of likely N-dealkylation sites (N-methyl/N-ethyl adjacent to an activating group) is 1. The molecular weight excluding hydrogens is 368 g/mol. The fraction of sp³-hybridized carbons (Fsp3) is 0.591. The first-order valence-electron chi connectivity index (χ1n) is 10.6. The molecule has 0 N–H and O–H groups in total. The molecule has 2 aromatic heterocycles. The summed E-state index contributed by atoms with van der Waals surface area (Å²) in [6, 6.07) is 0. The lowest BCUT2D eigenvalue weighted by Gasteiger charge is -2.33. The first-order chi connectivity index (χ1) is 13.7. The second-order valence-electron chi connectivity index (χ2n) is 8.54. The van der Waals surface area contributed by atoms with Gasteiger partial charge in [-0.05, 0) is 51.1 Å². The van der Waals surface area contributed by atoms with Gasteiger partial charge in [0.2, 0.25) is 0 Å². The van der Waals surface area contributed by atoms with Crippen molar-refractivity contribution in [1.29, 1.82) is 0 Å². The van der Waals surface area contributed by atoms with E-state index in [4.69, 9.17) is 9.97 Å². The van der Waals surface area contributed by atoms with Crippen molar-refractivity contribution in [3.8, 4) is 0 Å². The average molecular weight is 397 g/mol. The minimum absolute atomic E-state index is 0.226. The van der Waals surface area contributed by atoms with Crippen molar-refractivity contribution in [2.45, 2.75) is 57.4 Å². The standard InChI is InChI=1S/C22H28N4OS/c1-25-10-8-19-16(12-25)11-23-21(24-19)15-5-4-9-26(13-15)22(27)18-14-28-20-7-3-2-6-17(18)20/h11,14-15H,2-10,12-13H2,1H3/t15-/m1/s1.